The number of aliphatic imine (C=N–C) groups is 1. The van der Waals surface area contributed by atoms with Crippen molar-refractivity contribution in [2.24, 2.45) is 4.99 Å². The van der Waals surface area contributed by atoms with Crippen LogP contribution in [0, 0.1) is 5.82 Å². The maximum atomic E-state index is 14.9. The van der Waals surface area contributed by atoms with Crippen LogP contribution in [0.3, 0.4) is 0 Å². The molecule has 2 aromatic carbocycles. The van der Waals surface area contributed by atoms with Gasteiger partial charge in [-0.25, -0.2) is 9.38 Å². The van der Waals surface area contributed by atoms with Gasteiger partial charge < -0.3 is 25.4 Å². The molecule has 0 fully saturated rings. The molecular weight excluding hydrogens is 508 g/mol. The minimum atomic E-state index is -4.67. The Morgan fingerprint density at radius 1 is 1.03 bits per heavy atom. The van der Waals surface area contributed by atoms with Crippen molar-refractivity contribution in [2.45, 2.75) is 38.9 Å². The summed E-state index contributed by atoms with van der Waals surface area (Å²) in [7, 11) is 1.53. The summed E-state index contributed by atoms with van der Waals surface area (Å²) in [5, 5.41) is 7.70. The highest BCUT2D eigenvalue weighted by atomic mass is 19.4. The molecule has 2 aromatic rings. The van der Waals surface area contributed by atoms with Crippen LogP contribution in [0.1, 0.15) is 27.2 Å². The molecule has 0 bridgehead atoms. The standard InChI is InChI=1S/C26H30F4N4O4/c1-6-31-24(23-16(2)13-19(14-20(23)27)38-12-11-37-5)33-18-9-7-17(8-10-18)32-21(35)15-22(36)34-25(3,4)26(28,29)30/h6-10,13-14,33H,2,11-12,15H2,1,3-5H3,(H,32,35)(H,34,36)/b24-23-,31-6-. The second-order valence-electron chi connectivity index (χ2n) is 8.61. The Kier molecular flexibility index (Phi) is 10.4. The normalized spacial score (nSPS) is 12.7. The van der Waals surface area contributed by atoms with Gasteiger partial charge in [0.1, 0.15) is 36.0 Å². The molecule has 0 aliphatic carbocycles. The number of amides is 2. The number of nitrogens with one attached hydrogen (secondary N) is 3. The molecule has 8 nitrogen and oxygen atoms in total. The van der Waals surface area contributed by atoms with E-state index in [4.69, 9.17) is 9.47 Å². The molecule has 0 radical (unpaired) electrons. The summed E-state index contributed by atoms with van der Waals surface area (Å²) in [5.41, 5.74) is -1.68. The van der Waals surface area contributed by atoms with Gasteiger partial charge in [-0.05, 0) is 56.3 Å². The SMILES string of the molecule is C=c1cc(OCCOC)cc(F)/c1=C(/N=C\C)Nc1ccc(NC(=O)CC(=O)NC(C)(C)C(F)(F)F)cc1. The van der Waals surface area contributed by atoms with Crippen LogP contribution in [0.5, 0.6) is 5.75 Å². The number of carbonyl (C=O) groups is 2. The van der Waals surface area contributed by atoms with E-state index in [9.17, 15) is 27.2 Å². The highest BCUT2D eigenvalue weighted by Crippen LogP contribution is 2.29. The first kappa shape index (κ1) is 30.3. The first-order valence-electron chi connectivity index (χ1n) is 11.4. The Hall–Kier alpha value is -3.93. The van der Waals surface area contributed by atoms with E-state index in [2.05, 4.69) is 22.2 Å². The Labute approximate surface area is 217 Å². The van der Waals surface area contributed by atoms with Crippen LogP contribution >= 0.6 is 0 Å². The van der Waals surface area contributed by atoms with Crippen molar-refractivity contribution in [3.8, 4) is 5.75 Å². The summed E-state index contributed by atoms with van der Waals surface area (Å²) in [6, 6.07) is 8.92. The first-order valence-corrected chi connectivity index (χ1v) is 11.4. The molecular formula is C26H30F4N4O4. The molecule has 0 aliphatic heterocycles. The summed E-state index contributed by atoms with van der Waals surface area (Å²) in [6.45, 7) is 7.75. The van der Waals surface area contributed by atoms with Crippen LogP contribution in [-0.2, 0) is 14.3 Å². The summed E-state index contributed by atoms with van der Waals surface area (Å²) in [6.07, 6.45) is -3.99. The van der Waals surface area contributed by atoms with Crippen molar-refractivity contribution in [1.82, 2.24) is 5.32 Å². The average Bonchev–Trinajstić information content (AvgIpc) is 2.79. The summed E-state index contributed by atoms with van der Waals surface area (Å²) >= 11 is 0. The zero-order chi connectivity index (χ0) is 28.5. The Balaban J connectivity index is 2.14. The predicted molar refractivity (Wildman–Crippen MR) is 138 cm³/mol. The number of anilines is 2. The van der Waals surface area contributed by atoms with Gasteiger partial charge in [-0.1, -0.05) is 6.58 Å². The van der Waals surface area contributed by atoms with E-state index in [0.717, 1.165) is 13.8 Å². The third kappa shape index (κ3) is 8.58. The zero-order valence-corrected chi connectivity index (χ0v) is 21.5. The first-order chi connectivity index (χ1) is 17.8. The van der Waals surface area contributed by atoms with Gasteiger partial charge >= 0.3 is 6.18 Å². The van der Waals surface area contributed by atoms with Gasteiger partial charge in [-0.2, -0.15) is 13.2 Å². The second kappa shape index (κ2) is 13.0. The van der Waals surface area contributed by atoms with Crippen molar-refractivity contribution in [3.63, 3.8) is 0 Å². The molecule has 0 saturated carbocycles. The van der Waals surface area contributed by atoms with Crippen LogP contribution in [-0.4, -0.2) is 50.1 Å². The number of ether oxygens (including phenoxy) is 2. The van der Waals surface area contributed by atoms with Crippen molar-refractivity contribution in [2.75, 3.05) is 31.0 Å². The Morgan fingerprint density at radius 2 is 1.63 bits per heavy atom. The summed E-state index contributed by atoms with van der Waals surface area (Å²) in [5.74, 6) is -1.99. The van der Waals surface area contributed by atoms with Gasteiger partial charge in [-0.15, -0.1) is 0 Å². The number of hydrogen-bond acceptors (Lipinski definition) is 6. The van der Waals surface area contributed by atoms with E-state index in [1.807, 2.05) is 0 Å². The molecule has 12 heteroatoms. The lowest BCUT2D eigenvalue weighted by Gasteiger charge is -2.28. The topological polar surface area (TPSA) is 101 Å². The number of hydrogen-bond donors (Lipinski definition) is 3. The molecule has 3 N–H and O–H groups in total. The van der Waals surface area contributed by atoms with Gasteiger partial charge in [0, 0.05) is 30.8 Å². The van der Waals surface area contributed by atoms with Gasteiger partial charge in [0.25, 0.3) is 0 Å². The van der Waals surface area contributed by atoms with Gasteiger partial charge in [0.15, 0.2) is 0 Å². The molecule has 0 spiro atoms. The lowest BCUT2D eigenvalue weighted by Crippen LogP contribution is -2.54. The van der Waals surface area contributed by atoms with Crippen LogP contribution < -0.4 is 31.1 Å². The average molecular weight is 539 g/mol. The third-order valence-corrected chi connectivity index (χ3v) is 5.11. The smallest absolute Gasteiger partial charge is 0.410 e. The van der Waals surface area contributed by atoms with Gasteiger partial charge in [0.05, 0.1) is 11.8 Å². The third-order valence-electron chi connectivity index (χ3n) is 5.11. The minimum absolute atomic E-state index is 0.132. The van der Waals surface area contributed by atoms with Crippen LogP contribution in [0.2, 0.25) is 0 Å². The van der Waals surface area contributed by atoms with E-state index >= 15 is 0 Å². The largest absolute Gasteiger partial charge is 0.491 e. The molecule has 0 heterocycles. The second-order valence-corrected chi connectivity index (χ2v) is 8.61. The zero-order valence-electron chi connectivity index (χ0n) is 21.5. The van der Waals surface area contributed by atoms with E-state index in [1.165, 1.54) is 31.5 Å². The lowest BCUT2D eigenvalue weighted by atomic mass is 10.1. The number of halogens is 4. The maximum Gasteiger partial charge on any atom is 0.410 e. The van der Waals surface area contributed by atoms with Crippen molar-refractivity contribution in [1.29, 1.82) is 0 Å². The number of nitrogens with zero attached hydrogens (tertiary/aromatic N) is 1. The van der Waals surface area contributed by atoms with E-state index in [1.54, 1.807) is 30.4 Å². The number of rotatable bonds is 11. The molecule has 206 valence electrons. The molecule has 2 amide bonds. The molecule has 0 aromatic heterocycles. The number of alkyl halides is 3. The van der Waals surface area contributed by atoms with Crippen LogP contribution in [0.15, 0.2) is 41.4 Å². The van der Waals surface area contributed by atoms with E-state index < -0.39 is 35.8 Å². The van der Waals surface area contributed by atoms with E-state index in [-0.39, 0.29) is 17.6 Å². The maximum absolute atomic E-state index is 14.9. The predicted octanol–water partition coefficient (Wildman–Crippen LogP) is 3.32. The van der Waals surface area contributed by atoms with Crippen LogP contribution in [0.4, 0.5) is 28.9 Å². The highest BCUT2D eigenvalue weighted by Gasteiger charge is 2.48. The minimum Gasteiger partial charge on any atom is -0.491 e. The molecule has 0 saturated heterocycles. The van der Waals surface area contributed by atoms with Crippen molar-refractivity contribution >= 4 is 41.8 Å². The number of carbonyl (C=O) groups excluding carboxylic acids is 2. The van der Waals surface area contributed by atoms with Crippen molar-refractivity contribution < 1.29 is 36.6 Å². The fourth-order valence-electron chi connectivity index (χ4n) is 3.10. The van der Waals surface area contributed by atoms with Crippen LogP contribution in [0.25, 0.3) is 12.4 Å². The van der Waals surface area contributed by atoms with E-state index in [0.29, 0.717) is 28.9 Å². The highest BCUT2D eigenvalue weighted by molar-refractivity contribution is 6.03. The van der Waals surface area contributed by atoms with Gasteiger partial charge in [-0.3, -0.25) is 9.59 Å². The molecule has 38 heavy (non-hydrogen) atoms. The molecule has 0 atom stereocenters. The summed E-state index contributed by atoms with van der Waals surface area (Å²) in [4.78, 5) is 28.2. The molecule has 0 unspecified atom stereocenters. The number of benzene rings is 2. The lowest BCUT2D eigenvalue weighted by molar-refractivity contribution is -0.188. The molecule has 2 rings (SSSR count). The van der Waals surface area contributed by atoms with Gasteiger partial charge in [0.2, 0.25) is 11.8 Å². The van der Waals surface area contributed by atoms with Crippen molar-refractivity contribution in [3.05, 3.63) is 52.7 Å². The Bertz CT molecular complexity index is 1280. The number of methoxy groups -OCH3 is 1. The summed E-state index contributed by atoms with van der Waals surface area (Å²) < 4.78 is 64.1. The fraction of sp³-hybridized carbons (Fsp3) is 0.346. The fourth-order valence-corrected chi connectivity index (χ4v) is 3.10. The Morgan fingerprint density at radius 3 is 2.16 bits per heavy atom. The monoisotopic (exact) mass is 538 g/mol. The quantitative estimate of drug-likeness (QED) is 0.176. The molecule has 0 aliphatic rings.